The van der Waals surface area contributed by atoms with Gasteiger partial charge in [0.25, 0.3) is 0 Å². The number of hydrogen-bond donors (Lipinski definition) is 0. The van der Waals surface area contributed by atoms with Crippen LogP contribution in [0.2, 0.25) is 0 Å². The molecule has 2 heterocycles. The summed E-state index contributed by atoms with van der Waals surface area (Å²) in [5, 5.41) is 7.19. The number of rotatable bonds is 9. The van der Waals surface area contributed by atoms with Gasteiger partial charge in [-0.25, -0.2) is 0 Å². The van der Waals surface area contributed by atoms with Crippen molar-refractivity contribution >= 4 is 32.3 Å². The van der Waals surface area contributed by atoms with E-state index in [0.29, 0.717) is 0 Å². The second-order valence-electron chi connectivity index (χ2n) is 21.6. The maximum absolute atomic E-state index is 2.47. The summed E-state index contributed by atoms with van der Waals surface area (Å²) in [4.78, 5) is 0. The minimum atomic E-state index is -0.0903. The summed E-state index contributed by atoms with van der Waals surface area (Å²) in [5.41, 5.74) is 24.0. The van der Waals surface area contributed by atoms with Crippen molar-refractivity contribution in [1.82, 2.24) is 9.13 Å². The van der Waals surface area contributed by atoms with Crippen LogP contribution in [0.15, 0.2) is 291 Å². The second-order valence-corrected chi connectivity index (χ2v) is 21.6. The first kappa shape index (κ1) is 46.3. The van der Waals surface area contributed by atoms with Crippen molar-refractivity contribution in [2.75, 3.05) is 0 Å². The van der Waals surface area contributed by atoms with Crippen molar-refractivity contribution < 1.29 is 0 Å². The van der Waals surface area contributed by atoms with Gasteiger partial charge in [-0.2, -0.15) is 0 Å². The van der Waals surface area contributed by atoms with Gasteiger partial charge in [-0.3, -0.25) is 0 Å². The van der Waals surface area contributed by atoms with Crippen molar-refractivity contribution in [1.29, 1.82) is 0 Å². The van der Waals surface area contributed by atoms with E-state index in [4.69, 9.17) is 0 Å². The third-order valence-corrected chi connectivity index (χ3v) is 16.8. The lowest BCUT2D eigenvalue weighted by Crippen LogP contribution is -2.14. The second kappa shape index (κ2) is 18.6. The Labute approximate surface area is 461 Å². The smallest absolute Gasteiger partial charge is 0.0535 e. The highest BCUT2D eigenvalue weighted by atomic mass is 15.0. The lowest BCUT2D eigenvalue weighted by molar-refractivity contribution is 0.660. The van der Waals surface area contributed by atoms with E-state index in [1.54, 1.807) is 0 Å². The average Bonchev–Trinajstić information content (AvgIpc) is 4.43. The van der Waals surface area contributed by atoms with Crippen LogP contribution >= 0.6 is 0 Å². The third-order valence-electron chi connectivity index (χ3n) is 16.8. The predicted octanol–water partition coefficient (Wildman–Crippen LogP) is 20.7. The van der Waals surface area contributed by atoms with Crippen molar-refractivity contribution in [3.8, 4) is 101 Å². The van der Waals surface area contributed by atoms with Gasteiger partial charge in [0, 0.05) is 16.8 Å². The van der Waals surface area contributed by atoms with Crippen LogP contribution in [-0.2, 0) is 5.41 Å². The predicted molar refractivity (Wildman–Crippen MR) is 333 cm³/mol. The van der Waals surface area contributed by atoms with E-state index >= 15 is 0 Å². The third kappa shape index (κ3) is 7.63. The van der Waals surface area contributed by atoms with Crippen molar-refractivity contribution in [2.24, 2.45) is 0 Å². The fraction of sp³-hybridized carbons (Fsp3) is 0.0390. The molecule has 2 nitrogen and oxygen atoms in total. The Kier molecular flexibility index (Phi) is 10.9. The molecule has 0 saturated heterocycles. The van der Waals surface area contributed by atoms with Gasteiger partial charge in [-0.15, -0.1) is 0 Å². The van der Waals surface area contributed by atoms with Gasteiger partial charge in [-0.05, 0) is 165 Å². The monoisotopic (exact) mass is 1010 g/mol. The van der Waals surface area contributed by atoms with Gasteiger partial charge in [0.2, 0.25) is 0 Å². The standard InChI is InChI=1S/C77H54N2/c1-77(2)69-33-18-17-31-62(69)63-41-38-58(48-70(63)77)51-34-36-57(37-35-51)75-65-42-39-60(79-73(55-25-11-5-12-26-55)46-47-74(79)56-27-13-6-14-28-56)50-68(65)76(64-32-19-29-52-20-15-16-30-61(52)64)66-43-40-59(49-67(66)75)78-71(53-21-7-3-8-22-53)44-45-72(78)54-23-9-4-10-24-54/h3-50H,1-2H3. The van der Waals surface area contributed by atoms with Gasteiger partial charge < -0.3 is 9.13 Å². The van der Waals surface area contributed by atoms with Crippen LogP contribution in [0.5, 0.6) is 0 Å². The molecule has 0 spiro atoms. The first-order valence-electron chi connectivity index (χ1n) is 27.5. The Morgan fingerprint density at radius 1 is 0.241 bits per heavy atom. The maximum Gasteiger partial charge on any atom is 0.0535 e. The van der Waals surface area contributed by atoms with Crippen molar-refractivity contribution in [3.05, 3.63) is 302 Å². The van der Waals surface area contributed by atoms with E-state index < -0.39 is 0 Å². The topological polar surface area (TPSA) is 9.86 Å². The number of nitrogens with zero attached hydrogens (tertiary/aromatic N) is 2. The van der Waals surface area contributed by atoms with E-state index in [0.717, 1.165) is 62.0 Å². The molecule has 0 amide bonds. The largest absolute Gasteiger partial charge is 0.309 e. The highest BCUT2D eigenvalue weighted by Gasteiger charge is 2.35. The molecule has 0 fully saturated rings. The van der Waals surface area contributed by atoms with E-state index in [2.05, 4.69) is 314 Å². The fourth-order valence-electron chi connectivity index (χ4n) is 13.0. The summed E-state index contributed by atoms with van der Waals surface area (Å²) in [6.45, 7) is 4.73. The summed E-state index contributed by atoms with van der Waals surface area (Å²) in [6.07, 6.45) is 0. The molecule has 14 aromatic rings. The Balaban J connectivity index is 1.02. The number of benzene rings is 12. The fourth-order valence-corrected chi connectivity index (χ4v) is 13.0. The molecule has 372 valence electrons. The summed E-state index contributed by atoms with van der Waals surface area (Å²) in [5.74, 6) is 0. The molecular formula is C77H54N2. The van der Waals surface area contributed by atoms with Crippen molar-refractivity contribution in [2.45, 2.75) is 19.3 Å². The molecule has 0 atom stereocenters. The molecule has 0 saturated carbocycles. The van der Waals surface area contributed by atoms with Crippen molar-refractivity contribution in [3.63, 3.8) is 0 Å². The lowest BCUT2D eigenvalue weighted by Gasteiger charge is -2.23. The Hall–Kier alpha value is -10.0. The van der Waals surface area contributed by atoms with Crippen LogP contribution in [0.4, 0.5) is 0 Å². The molecule has 0 bridgehead atoms. The van der Waals surface area contributed by atoms with E-state index in [1.165, 1.54) is 82.4 Å². The minimum absolute atomic E-state index is 0.0903. The number of aromatic nitrogens is 2. The van der Waals surface area contributed by atoms with Crippen LogP contribution in [-0.4, -0.2) is 9.13 Å². The first-order chi connectivity index (χ1) is 39.0. The van der Waals surface area contributed by atoms with Gasteiger partial charge >= 0.3 is 0 Å². The SMILES string of the molecule is CC1(C)c2ccccc2-c2ccc(-c3ccc(-c4c5cc(-n6c(-c7ccccc7)ccc6-c6ccccc6)ccc5c(-c5cccc6ccccc56)c5cc(-n6c(-c7ccccc7)ccc6-c6ccccc6)ccc45)cc3)cc21. The molecular weight excluding hydrogens is 953 g/mol. The molecule has 79 heavy (non-hydrogen) atoms. The molecule has 15 rings (SSSR count). The molecule has 0 unspecified atom stereocenters. The van der Waals surface area contributed by atoms with Crippen LogP contribution < -0.4 is 0 Å². The normalized spacial score (nSPS) is 12.5. The van der Waals surface area contributed by atoms with Gasteiger partial charge in [0.15, 0.2) is 0 Å². The zero-order valence-electron chi connectivity index (χ0n) is 44.1. The zero-order valence-corrected chi connectivity index (χ0v) is 44.1. The van der Waals surface area contributed by atoms with Gasteiger partial charge in [-0.1, -0.05) is 250 Å². The summed E-state index contributed by atoms with van der Waals surface area (Å²) in [6, 6.07) is 108. The maximum atomic E-state index is 2.47. The summed E-state index contributed by atoms with van der Waals surface area (Å²) in [7, 11) is 0. The number of hydrogen-bond acceptors (Lipinski definition) is 0. The highest BCUT2D eigenvalue weighted by Crippen LogP contribution is 2.51. The number of fused-ring (bicyclic) bond motifs is 6. The quantitative estimate of drug-likeness (QED) is 0.128. The Bertz CT molecular complexity index is 4520. The molecule has 0 aliphatic heterocycles. The molecule has 2 heteroatoms. The average molecular weight is 1010 g/mol. The molecule has 1 aliphatic rings. The molecule has 0 radical (unpaired) electrons. The van der Waals surface area contributed by atoms with Crippen LogP contribution in [0.25, 0.3) is 133 Å². The molecule has 1 aliphatic carbocycles. The van der Waals surface area contributed by atoms with Gasteiger partial charge in [0.1, 0.15) is 0 Å². The minimum Gasteiger partial charge on any atom is -0.309 e. The van der Waals surface area contributed by atoms with E-state index in [9.17, 15) is 0 Å². The Morgan fingerprint density at radius 3 is 1.22 bits per heavy atom. The van der Waals surface area contributed by atoms with E-state index in [1.807, 2.05) is 0 Å². The highest BCUT2D eigenvalue weighted by molar-refractivity contribution is 6.24. The first-order valence-corrected chi connectivity index (χ1v) is 27.5. The lowest BCUT2D eigenvalue weighted by atomic mass is 9.81. The zero-order chi connectivity index (χ0) is 52.6. The molecule has 2 aromatic heterocycles. The summed E-state index contributed by atoms with van der Waals surface area (Å²) >= 11 is 0. The molecule has 12 aromatic carbocycles. The molecule has 0 N–H and O–H groups in total. The van der Waals surface area contributed by atoms with Crippen LogP contribution in [0.1, 0.15) is 25.0 Å². The van der Waals surface area contributed by atoms with Gasteiger partial charge in [0.05, 0.1) is 22.8 Å². The Morgan fingerprint density at radius 2 is 0.658 bits per heavy atom. The van der Waals surface area contributed by atoms with Crippen LogP contribution in [0.3, 0.4) is 0 Å². The summed E-state index contributed by atoms with van der Waals surface area (Å²) < 4.78 is 4.91. The van der Waals surface area contributed by atoms with E-state index in [-0.39, 0.29) is 5.41 Å². The van der Waals surface area contributed by atoms with Crippen LogP contribution in [0, 0.1) is 0 Å².